The molecule has 0 N–H and O–H groups in total. The van der Waals surface area contributed by atoms with E-state index in [1.807, 2.05) is 49.1 Å². The molecule has 1 aliphatic rings. The van der Waals surface area contributed by atoms with Crippen molar-refractivity contribution in [2.45, 2.75) is 26.8 Å². The van der Waals surface area contributed by atoms with Crippen molar-refractivity contribution in [3.63, 3.8) is 0 Å². The zero-order valence-corrected chi connectivity index (χ0v) is 17.1. The van der Waals surface area contributed by atoms with Crippen molar-refractivity contribution in [2.24, 2.45) is 0 Å². The fourth-order valence-electron chi connectivity index (χ4n) is 3.66. The highest BCUT2D eigenvalue weighted by atomic mass is 16.4. The highest BCUT2D eigenvalue weighted by Crippen LogP contribution is 2.23. The number of carbonyl (C=O) groups is 1. The van der Waals surface area contributed by atoms with Gasteiger partial charge in [-0.05, 0) is 31.5 Å². The highest BCUT2D eigenvalue weighted by Gasteiger charge is 2.23. The predicted octanol–water partition coefficient (Wildman–Crippen LogP) is 3.85. The predicted molar refractivity (Wildman–Crippen MR) is 113 cm³/mol. The average molecular weight is 389 g/mol. The number of oxazole rings is 1. The largest absolute Gasteiger partial charge is 0.441 e. The van der Waals surface area contributed by atoms with Gasteiger partial charge in [-0.15, -0.1) is 0 Å². The Hall–Kier alpha value is -2.92. The average Bonchev–Trinajstić information content (AvgIpc) is 3.10. The van der Waals surface area contributed by atoms with E-state index in [2.05, 4.69) is 34.1 Å². The molecule has 4 rings (SSSR count). The smallest absolute Gasteiger partial charge is 0.228 e. The second-order valence-electron chi connectivity index (χ2n) is 7.71. The fraction of sp³-hybridized carbons (Fsp3) is 0.333. The summed E-state index contributed by atoms with van der Waals surface area (Å²) in [7, 11) is 0. The van der Waals surface area contributed by atoms with Crippen molar-refractivity contribution < 1.29 is 9.21 Å². The van der Waals surface area contributed by atoms with Crippen LogP contribution in [0.15, 0.2) is 59.0 Å². The van der Waals surface area contributed by atoms with Crippen molar-refractivity contribution in [3.05, 3.63) is 77.2 Å². The van der Waals surface area contributed by atoms with Gasteiger partial charge in [-0.1, -0.05) is 48.0 Å². The first kappa shape index (κ1) is 19.4. The van der Waals surface area contributed by atoms with E-state index in [1.165, 1.54) is 11.1 Å². The van der Waals surface area contributed by atoms with Crippen molar-refractivity contribution in [3.8, 4) is 11.5 Å². The number of rotatable bonds is 5. The Kier molecular flexibility index (Phi) is 5.76. The molecule has 1 saturated heterocycles. The first-order chi connectivity index (χ1) is 14.1. The molecule has 0 unspecified atom stereocenters. The van der Waals surface area contributed by atoms with Gasteiger partial charge in [-0.25, -0.2) is 4.98 Å². The number of nitrogens with zero attached hydrogens (tertiary/aromatic N) is 3. The summed E-state index contributed by atoms with van der Waals surface area (Å²) in [6.45, 7) is 8.17. The summed E-state index contributed by atoms with van der Waals surface area (Å²) in [6, 6.07) is 18.5. The van der Waals surface area contributed by atoms with E-state index in [0.29, 0.717) is 12.3 Å². The van der Waals surface area contributed by atoms with Gasteiger partial charge in [0.2, 0.25) is 11.8 Å². The molecule has 29 heavy (non-hydrogen) atoms. The number of aryl methyl sites for hydroxylation is 2. The Morgan fingerprint density at radius 2 is 1.66 bits per heavy atom. The zero-order valence-electron chi connectivity index (χ0n) is 17.1. The van der Waals surface area contributed by atoms with Gasteiger partial charge >= 0.3 is 0 Å². The molecule has 0 spiro atoms. The molecule has 0 bridgehead atoms. The summed E-state index contributed by atoms with van der Waals surface area (Å²) in [5, 5.41) is 0. The number of amides is 1. The second-order valence-corrected chi connectivity index (χ2v) is 7.71. The Morgan fingerprint density at radius 1 is 0.966 bits per heavy atom. The van der Waals surface area contributed by atoms with Gasteiger partial charge in [0.25, 0.3) is 0 Å². The number of piperazine rings is 1. The van der Waals surface area contributed by atoms with Gasteiger partial charge in [0.15, 0.2) is 0 Å². The van der Waals surface area contributed by atoms with E-state index in [1.54, 1.807) is 0 Å². The van der Waals surface area contributed by atoms with Crippen LogP contribution in [-0.2, 0) is 17.8 Å². The molecule has 5 heteroatoms. The van der Waals surface area contributed by atoms with Crippen LogP contribution in [0.5, 0.6) is 0 Å². The Labute approximate surface area is 172 Å². The Balaban J connectivity index is 1.34. The van der Waals surface area contributed by atoms with Crippen LogP contribution in [0.3, 0.4) is 0 Å². The lowest BCUT2D eigenvalue weighted by atomic mass is 10.1. The summed E-state index contributed by atoms with van der Waals surface area (Å²) in [5.74, 6) is 1.42. The molecule has 2 heterocycles. The van der Waals surface area contributed by atoms with Crippen molar-refractivity contribution in [1.29, 1.82) is 0 Å². The second kappa shape index (κ2) is 8.62. The van der Waals surface area contributed by atoms with E-state index in [4.69, 9.17) is 4.42 Å². The number of hydrogen-bond donors (Lipinski definition) is 0. The van der Waals surface area contributed by atoms with Crippen molar-refractivity contribution >= 4 is 5.91 Å². The zero-order chi connectivity index (χ0) is 20.2. The molecule has 1 fully saturated rings. The molecule has 0 saturated carbocycles. The van der Waals surface area contributed by atoms with Gasteiger partial charge in [0, 0.05) is 38.3 Å². The summed E-state index contributed by atoms with van der Waals surface area (Å²) >= 11 is 0. The SMILES string of the molecule is Cc1ccc(-c2nc(CC(=O)N3CCN(Cc4ccccc4)CC3)c(C)o2)cc1. The lowest BCUT2D eigenvalue weighted by Crippen LogP contribution is -2.48. The third-order valence-corrected chi connectivity index (χ3v) is 5.48. The van der Waals surface area contributed by atoms with Crippen LogP contribution in [0.2, 0.25) is 0 Å². The standard InChI is InChI=1S/C24H27N3O2/c1-18-8-10-21(11-9-18)24-25-22(19(2)29-24)16-23(28)27-14-12-26(13-15-27)17-20-6-4-3-5-7-20/h3-11H,12-17H2,1-2H3. The molecular weight excluding hydrogens is 362 g/mol. The quantitative estimate of drug-likeness (QED) is 0.665. The molecular formula is C24H27N3O2. The van der Waals surface area contributed by atoms with Gasteiger partial charge in [0.05, 0.1) is 12.1 Å². The van der Waals surface area contributed by atoms with Crippen LogP contribution in [0.25, 0.3) is 11.5 Å². The minimum absolute atomic E-state index is 0.121. The van der Waals surface area contributed by atoms with E-state index in [-0.39, 0.29) is 5.91 Å². The van der Waals surface area contributed by atoms with Crippen LogP contribution in [0.4, 0.5) is 0 Å². The highest BCUT2D eigenvalue weighted by molar-refractivity contribution is 5.78. The molecule has 2 aromatic carbocycles. The van der Waals surface area contributed by atoms with E-state index < -0.39 is 0 Å². The Morgan fingerprint density at radius 3 is 2.34 bits per heavy atom. The fourth-order valence-corrected chi connectivity index (χ4v) is 3.66. The third-order valence-electron chi connectivity index (χ3n) is 5.48. The summed E-state index contributed by atoms with van der Waals surface area (Å²) in [4.78, 5) is 21.7. The summed E-state index contributed by atoms with van der Waals surface area (Å²) in [5.41, 5.74) is 4.18. The lowest BCUT2D eigenvalue weighted by Gasteiger charge is -2.34. The number of aromatic nitrogens is 1. The maximum absolute atomic E-state index is 12.8. The molecule has 1 aromatic heterocycles. The normalized spacial score (nSPS) is 14.9. The lowest BCUT2D eigenvalue weighted by molar-refractivity contribution is -0.132. The Bertz CT molecular complexity index is 956. The summed E-state index contributed by atoms with van der Waals surface area (Å²) < 4.78 is 5.82. The first-order valence-electron chi connectivity index (χ1n) is 10.2. The molecule has 5 nitrogen and oxygen atoms in total. The van der Waals surface area contributed by atoms with Gasteiger partial charge < -0.3 is 9.32 Å². The molecule has 1 aliphatic heterocycles. The number of carbonyl (C=O) groups excluding carboxylic acids is 1. The van der Waals surface area contributed by atoms with Gasteiger partial charge in [-0.2, -0.15) is 0 Å². The molecule has 1 amide bonds. The number of benzene rings is 2. The van der Waals surface area contributed by atoms with E-state index in [0.717, 1.165) is 49.7 Å². The van der Waals surface area contributed by atoms with Crippen LogP contribution < -0.4 is 0 Å². The van der Waals surface area contributed by atoms with Gasteiger partial charge in [0.1, 0.15) is 5.76 Å². The minimum atomic E-state index is 0.121. The molecule has 0 atom stereocenters. The summed E-state index contributed by atoms with van der Waals surface area (Å²) in [6.07, 6.45) is 0.292. The minimum Gasteiger partial charge on any atom is -0.441 e. The van der Waals surface area contributed by atoms with Crippen LogP contribution in [0, 0.1) is 13.8 Å². The maximum Gasteiger partial charge on any atom is 0.228 e. The van der Waals surface area contributed by atoms with E-state index in [9.17, 15) is 4.79 Å². The van der Waals surface area contributed by atoms with Gasteiger partial charge in [-0.3, -0.25) is 9.69 Å². The first-order valence-corrected chi connectivity index (χ1v) is 10.2. The van der Waals surface area contributed by atoms with Crippen molar-refractivity contribution in [1.82, 2.24) is 14.8 Å². The van der Waals surface area contributed by atoms with Crippen molar-refractivity contribution in [2.75, 3.05) is 26.2 Å². The van der Waals surface area contributed by atoms with Crippen LogP contribution in [0.1, 0.15) is 22.6 Å². The number of hydrogen-bond acceptors (Lipinski definition) is 4. The van der Waals surface area contributed by atoms with Crippen LogP contribution >= 0.6 is 0 Å². The molecule has 150 valence electrons. The molecule has 3 aromatic rings. The van der Waals surface area contributed by atoms with E-state index >= 15 is 0 Å². The molecule has 0 aliphatic carbocycles. The monoisotopic (exact) mass is 389 g/mol. The molecule has 0 radical (unpaired) electrons. The van der Waals surface area contributed by atoms with Crippen LogP contribution in [-0.4, -0.2) is 46.9 Å². The maximum atomic E-state index is 12.8. The third kappa shape index (κ3) is 4.74. The topological polar surface area (TPSA) is 49.6 Å².